The Hall–Kier alpha value is -1.29. The Balaban J connectivity index is 2.66. The SMILES string of the molecule is CCCCN(CC)C(=O)c1ccc(CN)o1. The molecule has 4 nitrogen and oxygen atoms in total. The second-order valence-electron chi connectivity index (χ2n) is 3.71. The number of hydrogen-bond donors (Lipinski definition) is 1. The highest BCUT2D eigenvalue weighted by Crippen LogP contribution is 2.10. The van der Waals surface area contributed by atoms with Crippen LogP contribution in [0.25, 0.3) is 0 Å². The molecule has 1 aromatic heterocycles. The van der Waals surface area contributed by atoms with E-state index in [1.807, 2.05) is 6.92 Å². The molecule has 90 valence electrons. The average Bonchev–Trinajstić information content (AvgIpc) is 2.78. The third-order valence-corrected chi connectivity index (χ3v) is 2.52. The van der Waals surface area contributed by atoms with Crippen molar-refractivity contribution in [3.05, 3.63) is 23.7 Å². The first-order valence-electron chi connectivity index (χ1n) is 5.81. The summed E-state index contributed by atoms with van der Waals surface area (Å²) in [5, 5.41) is 0. The summed E-state index contributed by atoms with van der Waals surface area (Å²) in [6, 6.07) is 3.44. The van der Waals surface area contributed by atoms with E-state index in [-0.39, 0.29) is 5.91 Å². The molecule has 1 amide bonds. The van der Waals surface area contributed by atoms with Gasteiger partial charge in [0.25, 0.3) is 5.91 Å². The lowest BCUT2D eigenvalue weighted by atomic mass is 10.3. The number of unbranched alkanes of at least 4 members (excludes halogenated alkanes) is 1. The quantitative estimate of drug-likeness (QED) is 0.804. The van der Waals surface area contributed by atoms with Gasteiger partial charge >= 0.3 is 0 Å². The summed E-state index contributed by atoms with van der Waals surface area (Å²) < 4.78 is 5.34. The maximum absolute atomic E-state index is 12.0. The zero-order chi connectivity index (χ0) is 12.0. The van der Waals surface area contributed by atoms with Crippen molar-refractivity contribution in [1.29, 1.82) is 0 Å². The molecular weight excluding hydrogens is 204 g/mol. The fourth-order valence-corrected chi connectivity index (χ4v) is 1.51. The fourth-order valence-electron chi connectivity index (χ4n) is 1.51. The van der Waals surface area contributed by atoms with E-state index in [2.05, 4.69) is 6.92 Å². The van der Waals surface area contributed by atoms with E-state index in [1.54, 1.807) is 17.0 Å². The number of carbonyl (C=O) groups excluding carboxylic acids is 1. The number of rotatable bonds is 6. The molecule has 1 aromatic rings. The van der Waals surface area contributed by atoms with Gasteiger partial charge in [-0.1, -0.05) is 13.3 Å². The van der Waals surface area contributed by atoms with Crippen molar-refractivity contribution in [1.82, 2.24) is 4.90 Å². The lowest BCUT2D eigenvalue weighted by Crippen LogP contribution is -2.31. The van der Waals surface area contributed by atoms with E-state index >= 15 is 0 Å². The molecule has 4 heteroatoms. The van der Waals surface area contributed by atoms with Crippen molar-refractivity contribution in [2.75, 3.05) is 13.1 Å². The molecule has 0 bridgehead atoms. The van der Waals surface area contributed by atoms with Crippen LogP contribution in [0.4, 0.5) is 0 Å². The van der Waals surface area contributed by atoms with Crippen LogP contribution < -0.4 is 5.73 Å². The first-order chi connectivity index (χ1) is 7.72. The van der Waals surface area contributed by atoms with Crippen molar-refractivity contribution in [3.63, 3.8) is 0 Å². The second kappa shape index (κ2) is 6.33. The van der Waals surface area contributed by atoms with Gasteiger partial charge < -0.3 is 15.1 Å². The second-order valence-corrected chi connectivity index (χ2v) is 3.71. The predicted molar refractivity (Wildman–Crippen MR) is 63.1 cm³/mol. The number of carbonyl (C=O) groups is 1. The van der Waals surface area contributed by atoms with Gasteiger partial charge in [-0.3, -0.25) is 4.79 Å². The first-order valence-corrected chi connectivity index (χ1v) is 5.81. The van der Waals surface area contributed by atoms with Gasteiger partial charge in [0.05, 0.1) is 6.54 Å². The lowest BCUT2D eigenvalue weighted by Gasteiger charge is -2.19. The Kier molecular flexibility index (Phi) is 5.05. The number of nitrogens with zero attached hydrogens (tertiary/aromatic N) is 1. The molecule has 0 radical (unpaired) electrons. The highest BCUT2D eigenvalue weighted by molar-refractivity contribution is 5.91. The maximum Gasteiger partial charge on any atom is 0.289 e. The van der Waals surface area contributed by atoms with Crippen molar-refractivity contribution in [2.24, 2.45) is 5.73 Å². The van der Waals surface area contributed by atoms with Crippen LogP contribution in [0, 0.1) is 0 Å². The summed E-state index contributed by atoms with van der Waals surface area (Å²) >= 11 is 0. The van der Waals surface area contributed by atoms with Crippen LogP contribution in [0.5, 0.6) is 0 Å². The highest BCUT2D eigenvalue weighted by Gasteiger charge is 2.16. The number of hydrogen-bond acceptors (Lipinski definition) is 3. The minimum Gasteiger partial charge on any atom is -0.455 e. The third-order valence-electron chi connectivity index (χ3n) is 2.52. The Morgan fingerprint density at radius 2 is 2.19 bits per heavy atom. The lowest BCUT2D eigenvalue weighted by molar-refractivity contribution is 0.0728. The van der Waals surface area contributed by atoms with E-state index in [9.17, 15) is 4.79 Å². The zero-order valence-corrected chi connectivity index (χ0v) is 10.0. The van der Waals surface area contributed by atoms with Crippen LogP contribution in [-0.2, 0) is 6.54 Å². The van der Waals surface area contributed by atoms with Crippen molar-refractivity contribution < 1.29 is 9.21 Å². The van der Waals surface area contributed by atoms with Crippen molar-refractivity contribution in [2.45, 2.75) is 33.2 Å². The molecule has 0 aliphatic rings. The molecule has 0 aliphatic carbocycles. The number of nitrogens with two attached hydrogens (primary N) is 1. The third kappa shape index (κ3) is 3.10. The van der Waals surface area contributed by atoms with E-state index in [1.165, 1.54) is 0 Å². The van der Waals surface area contributed by atoms with Gasteiger partial charge in [0.2, 0.25) is 0 Å². The summed E-state index contributed by atoms with van der Waals surface area (Å²) in [5.74, 6) is 0.990. The molecule has 1 heterocycles. The van der Waals surface area contributed by atoms with E-state index in [0.29, 0.717) is 24.6 Å². The molecule has 0 aromatic carbocycles. The van der Waals surface area contributed by atoms with E-state index in [0.717, 1.165) is 19.4 Å². The monoisotopic (exact) mass is 224 g/mol. The predicted octanol–water partition coefficient (Wildman–Crippen LogP) is 2.00. The Labute approximate surface area is 96.4 Å². The Bertz CT molecular complexity index is 334. The largest absolute Gasteiger partial charge is 0.455 e. The average molecular weight is 224 g/mol. The van der Waals surface area contributed by atoms with Gasteiger partial charge in [-0.2, -0.15) is 0 Å². The summed E-state index contributed by atoms with van der Waals surface area (Å²) in [7, 11) is 0. The van der Waals surface area contributed by atoms with Crippen LogP contribution in [0.1, 0.15) is 43.0 Å². The van der Waals surface area contributed by atoms with Crippen LogP contribution in [-0.4, -0.2) is 23.9 Å². The summed E-state index contributed by atoms with van der Waals surface area (Å²) in [6.07, 6.45) is 2.10. The molecule has 0 unspecified atom stereocenters. The molecule has 0 saturated carbocycles. The minimum atomic E-state index is -0.0457. The standard InChI is InChI=1S/C12H20N2O2/c1-3-5-8-14(4-2)12(15)11-7-6-10(9-13)16-11/h6-7H,3-5,8-9,13H2,1-2H3. The van der Waals surface area contributed by atoms with Gasteiger partial charge in [-0.15, -0.1) is 0 Å². The van der Waals surface area contributed by atoms with Crippen LogP contribution >= 0.6 is 0 Å². The summed E-state index contributed by atoms with van der Waals surface area (Å²) in [5.41, 5.74) is 5.43. The topological polar surface area (TPSA) is 59.5 Å². The van der Waals surface area contributed by atoms with Gasteiger partial charge in [-0.05, 0) is 25.5 Å². The first kappa shape index (κ1) is 12.8. The van der Waals surface area contributed by atoms with Gasteiger partial charge in [0, 0.05) is 13.1 Å². The molecule has 0 spiro atoms. The molecule has 2 N–H and O–H groups in total. The molecule has 1 rings (SSSR count). The Morgan fingerprint density at radius 1 is 1.44 bits per heavy atom. The highest BCUT2D eigenvalue weighted by atomic mass is 16.4. The van der Waals surface area contributed by atoms with Crippen LogP contribution in [0.3, 0.4) is 0 Å². The van der Waals surface area contributed by atoms with Crippen molar-refractivity contribution in [3.8, 4) is 0 Å². The summed E-state index contributed by atoms with van der Waals surface area (Å²) in [6.45, 7) is 5.90. The van der Waals surface area contributed by atoms with Crippen molar-refractivity contribution >= 4 is 5.91 Å². The van der Waals surface area contributed by atoms with E-state index < -0.39 is 0 Å². The molecule has 16 heavy (non-hydrogen) atoms. The molecular formula is C12H20N2O2. The van der Waals surface area contributed by atoms with Gasteiger partial charge in [0.1, 0.15) is 5.76 Å². The van der Waals surface area contributed by atoms with Gasteiger partial charge in [0.15, 0.2) is 5.76 Å². The number of furan rings is 1. The maximum atomic E-state index is 12.0. The Morgan fingerprint density at radius 3 is 2.69 bits per heavy atom. The fraction of sp³-hybridized carbons (Fsp3) is 0.583. The zero-order valence-electron chi connectivity index (χ0n) is 10.0. The summed E-state index contributed by atoms with van der Waals surface area (Å²) in [4.78, 5) is 13.8. The normalized spacial score (nSPS) is 10.4. The van der Waals surface area contributed by atoms with Crippen LogP contribution in [0.2, 0.25) is 0 Å². The molecule has 0 atom stereocenters. The molecule has 0 fully saturated rings. The minimum absolute atomic E-state index is 0.0457. The number of amides is 1. The molecule has 0 saturated heterocycles. The van der Waals surface area contributed by atoms with Crippen LogP contribution in [0.15, 0.2) is 16.5 Å². The van der Waals surface area contributed by atoms with E-state index in [4.69, 9.17) is 10.2 Å². The van der Waals surface area contributed by atoms with Gasteiger partial charge in [-0.25, -0.2) is 0 Å². The smallest absolute Gasteiger partial charge is 0.289 e. The molecule has 0 aliphatic heterocycles.